The van der Waals surface area contributed by atoms with Crippen molar-refractivity contribution in [1.29, 1.82) is 0 Å². The second-order valence-electron chi connectivity index (χ2n) is 9.14. The van der Waals surface area contributed by atoms with E-state index >= 15 is 0 Å². The number of nitrogens with one attached hydrogen (secondary N) is 1. The van der Waals surface area contributed by atoms with E-state index in [2.05, 4.69) is 22.0 Å². The number of aliphatic carboxylic acids is 1. The molecule has 0 spiro atoms. The molecule has 0 aliphatic heterocycles. The monoisotopic (exact) mass is 588 g/mol. The van der Waals surface area contributed by atoms with Gasteiger partial charge in [0.05, 0.1) is 26.5 Å². The topological polar surface area (TPSA) is 107 Å². The molecular formula is C30H34F2N2O6S. The van der Waals surface area contributed by atoms with Crippen LogP contribution in [0.1, 0.15) is 60.5 Å². The Labute approximate surface area is 242 Å². The number of thiazole rings is 1. The number of aromatic nitrogens is 1. The zero-order valence-corrected chi connectivity index (χ0v) is 24.1. The number of unbranched alkanes of at least 4 members (excludes halogenated alkanes) is 4. The Morgan fingerprint density at radius 3 is 2.46 bits per heavy atom. The highest BCUT2D eigenvalue weighted by Gasteiger charge is 2.19. The number of carbonyl (C=O) groups excluding carboxylic acids is 1. The summed E-state index contributed by atoms with van der Waals surface area (Å²) < 4.78 is 45.2. The van der Waals surface area contributed by atoms with Crippen molar-refractivity contribution in [1.82, 2.24) is 4.98 Å². The molecule has 0 atom stereocenters. The van der Waals surface area contributed by atoms with Crippen LogP contribution in [0.2, 0.25) is 0 Å². The number of benzene rings is 2. The minimum atomic E-state index is -1.49. The Kier molecular flexibility index (Phi) is 12.2. The van der Waals surface area contributed by atoms with Crippen LogP contribution in [0.4, 0.5) is 13.9 Å². The molecule has 0 saturated carbocycles. The van der Waals surface area contributed by atoms with E-state index in [0.29, 0.717) is 30.5 Å². The quantitative estimate of drug-likeness (QED) is 0.106. The summed E-state index contributed by atoms with van der Waals surface area (Å²) >= 11 is 1.15. The van der Waals surface area contributed by atoms with E-state index in [-0.39, 0.29) is 10.7 Å². The van der Waals surface area contributed by atoms with E-state index in [1.54, 1.807) is 12.5 Å². The zero-order chi connectivity index (χ0) is 29.8. The first kappa shape index (κ1) is 31.7. The lowest BCUT2D eigenvalue weighted by atomic mass is 10.0. The molecule has 0 saturated heterocycles. The number of anilines is 1. The number of hydrogen-bond acceptors (Lipinski definition) is 7. The maximum Gasteiger partial charge on any atom is 0.371 e. The largest absolute Gasteiger partial charge is 0.496 e. The van der Waals surface area contributed by atoms with Crippen molar-refractivity contribution in [2.45, 2.75) is 45.4 Å². The third-order valence-electron chi connectivity index (χ3n) is 6.26. The molecule has 0 fully saturated rings. The van der Waals surface area contributed by atoms with Crippen LogP contribution in [0.3, 0.4) is 0 Å². The van der Waals surface area contributed by atoms with E-state index in [0.717, 1.165) is 54.7 Å². The minimum absolute atomic E-state index is 0.223. The van der Waals surface area contributed by atoms with Crippen LogP contribution in [0.25, 0.3) is 17.3 Å². The van der Waals surface area contributed by atoms with Gasteiger partial charge in [-0.2, -0.15) is 0 Å². The number of amides is 1. The number of methoxy groups -OCH3 is 2. The molecule has 41 heavy (non-hydrogen) atoms. The maximum absolute atomic E-state index is 14.6. The highest BCUT2D eigenvalue weighted by Crippen LogP contribution is 2.35. The van der Waals surface area contributed by atoms with Gasteiger partial charge in [0.15, 0.2) is 5.13 Å². The number of carboxylic acids is 1. The molecule has 1 aromatic heterocycles. The normalized spacial score (nSPS) is 11.4. The number of halogens is 2. The fraction of sp³-hybridized carbons (Fsp3) is 0.367. The van der Waals surface area contributed by atoms with Gasteiger partial charge < -0.3 is 19.3 Å². The third kappa shape index (κ3) is 8.83. The summed E-state index contributed by atoms with van der Waals surface area (Å²) in [5.74, 6) is -4.50. The smallest absolute Gasteiger partial charge is 0.371 e. The van der Waals surface area contributed by atoms with Gasteiger partial charge in [-0.05, 0) is 36.6 Å². The molecule has 1 heterocycles. The number of ether oxygens (including phenoxy) is 3. The van der Waals surface area contributed by atoms with Crippen LogP contribution in [0.15, 0.2) is 41.5 Å². The van der Waals surface area contributed by atoms with Crippen molar-refractivity contribution >= 4 is 34.4 Å². The van der Waals surface area contributed by atoms with Gasteiger partial charge in [-0.3, -0.25) is 10.1 Å². The van der Waals surface area contributed by atoms with Crippen LogP contribution in [-0.4, -0.2) is 49.4 Å². The van der Waals surface area contributed by atoms with Crippen LogP contribution >= 0.6 is 11.3 Å². The average Bonchev–Trinajstić information content (AvgIpc) is 3.41. The Morgan fingerprint density at radius 2 is 1.80 bits per heavy atom. The second-order valence-corrected chi connectivity index (χ2v) is 10.00. The molecule has 8 nitrogen and oxygen atoms in total. The number of rotatable bonds is 16. The Balaban J connectivity index is 1.68. The van der Waals surface area contributed by atoms with Crippen LogP contribution < -0.4 is 10.1 Å². The zero-order valence-electron chi connectivity index (χ0n) is 23.3. The summed E-state index contributed by atoms with van der Waals surface area (Å²) in [6.07, 6.45) is 7.29. The highest BCUT2D eigenvalue weighted by molar-refractivity contribution is 7.14. The number of carboxylic acid groups (broad SMARTS) is 1. The number of carbonyl (C=O) groups is 2. The van der Waals surface area contributed by atoms with Gasteiger partial charge >= 0.3 is 5.97 Å². The molecule has 220 valence electrons. The van der Waals surface area contributed by atoms with Gasteiger partial charge in [-0.25, -0.2) is 18.6 Å². The van der Waals surface area contributed by atoms with Crippen molar-refractivity contribution in [2.24, 2.45) is 0 Å². The predicted molar refractivity (Wildman–Crippen MR) is 154 cm³/mol. The molecule has 0 radical (unpaired) electrons. The van der Waals surface area contributed by atoms with Gasteiger partial charge in [-0.15, -0.1) is 11.3 Å². The summed E-state index contributed by atoms with van der Waals surface area (Å²) in [5, 5.41) is 13.5. The van der Waals surface area contributed by atoms with Crippen molar-refractivity contribution in [2.75, 3.05) is 32.8 Å². The molecule has 0 aliphatic carbocycles. The molecule has 1 amide bonds. The number of para-hydroxylation sites is 1. The predicted octanol–water partition coefficient (Wildman–Crippen LogP) is 6.95. The van der Waals surface area contributed by atoms with Crippen LogP contribution in [-0.2, 0) is 20.7 Å². The Hall–Kier alpha value is -3.83. The molecule has 3 aromatic rings. The molecule has 0 unspecified atom stereocenters. The maximum atomic E-state index is 14.6. The first-order valence-corrected chi connectivity index (χ1v) is 14.2. The number of hydrogen-bond donors (Lipinski definition) is 2. The molecule has 11 heteroatoms. The SMILES string of the molecule is CCCCCCCOCCc1cccc(-c2csc(NC(=O)c3cc(F)c(/C=C(\OC)C(=O)O)c(F)c3)n2)c1OC. The molecule has 2 aromatic carbocycles. The lowest BCUT2D eigenvalue weighted by Gasteiger charge is -2.13. The highest BCUT2D eigenvalue weighted by atomic mass is 32.1. The van der Waals surface area contributed by atoms with Crippen molar-refractivity contribution in [3.8, 4) is 17.0 Å². The van der Waals surface area contributed by atoms with Gasteiger partial charge in [0, 0.05) is 34.8 Å². The Morgan fingerprint density at radius 1 is 1.07 bits per heavy atom. The minimum Gasteiger partial charge on any atom is -0.496 e. The first-order valence-electron chi connectivity index (χ1n) is 13.3. The summed E-state index contributed by atoms with van der Waals surface area (Å²) in [4.78, 5) is 28.3. The van der Waals surface area contributed by atoms with E-state index < -0.39 is 34.8 Å². The standard InChI is InChI=1S/C30H34F2N2O6S/c1-4-5-6-7-8-13-40-14-12-19-10-9-11-21(27(19)39-3)25-18-41-30(33-25)34-28(35)20-15-23(31)22(24(32)16-20)17-26(38-2)29(36)37/h9-11,15-18H,4-8,12-14H2,1-3H3,(H,36,37)(H,33,34,35)/b26-17-. The fourth-order valence-corrected chi connectivity index (χ4v) is 4.84. The van der Waals surface area contributed by atoms with Crippen LogP contribution in [0, 0.1) is 11.6 Å². The van der Waals surface area contributed by atoms with E-state index in [1.807, 2.05) is 18.2 Å². The fourth-order valence-electron chi connectivity index (χ4n) is 4.13. The van der Waals surface area contributed by atoms with Gasteiger partial charge in [0.25, 0.3) is 5.91 Å². The average molecular weight is 589 g/mol. The molecular weight excluding hydrogens is 554 g/mol. The van der Waals surface area contributed by atoms with E-state index in [1.165, 1.54) is 25.7 Å². The number of nitrogens with zero attached hydrogens (tertiary/aromatic N) is 1. The molecule has 0 aliphatic rings. The lowest BCUT2D eigenvalue weighted by Crippen LogP contribution is -2.13. The summed E-state index contributed by atoms with van der Waals surface area (Å²) in [6.45, 7) is 3.48. The summed E-state index contributed by atoms with van der Waals surface area (Å²) in [5.41, 5.74) is 1.34. The van der Waals surface area contributed by atoms with Gasteiger partial charge in [0.1, 0.15) is 17.4 Å². The summed E-state index contributed by atoms with van der Waals surface area (Å²) in [6, 6.07) is 7.35. The summed E-state index contributed by atoms with van der Waals surface area (Å²) in [7, 11) is 2.65. The van der Waals surface area contributed by atoms with Gasteiger partial charge in [0.2, 0.25) is 5.76 Å². The molecule has 2 N–H and O–H groups in total. The molecule has 3 rings (SSSR count). The van der Waals surface area contributed by atoms with Gasteiger partial charge in [-0.1, -0.05) is 44.7 Å². The first-order chi connectivity index (χ1) is 19.8. The lowest BCUT2D eigenvalue weighted by molar-refractivity contribution is -0.135. The Bertz CT molecular complexity index is 1350. The van der Waals surface area contributed by atoms with Crippen molar-refractivity contribution < 1.29 is 37.7 Å². The van der Waals surface area contributed by atoms with Crippen LogP contribution in [0.5, 0.6) is 5.75 Å². The molecule has 0 bridgehead atoms. The van der Waals surface area contributed by atoms with Crippen molar-refractivity contribution in [3.63, 3.8) is 0 Å². The third-order valence-corrected chi connectivity index (χ3v) is 7.01. The van der Waals surface area contributed by atoms with E-state index in [4.69, 9.17) is 14.6 Å². The van der Waals surface area contributed by atoms with Crippen molar-refractivity contribution in [3.05, 3.63) is 69.8 Å². The van der Waals surface area contributed by atoms with E-state index in [9.17, 15) is 18.4 Å². The second kappa shape index (κ2) is 15.8.